The van der Waals surface area contributed by atoms with Gasteiger partial charge in [-0.3, -0.25) is 0 Å². The number of rotatable bonds is 4. The van der Waals surface area contributed by atoms with E-state index in [9.17, 15) is 4.57 Å². The Morgan fingerprint density at radius 1 is 0.800 bits per heavy atom. The molecular formula is C20H18N3OP. The van der Waals surface area contributed by atoms with E-state index in [0.29, 0.717) is 0 Å². The molecule has 3 aromatic carbocycles. The first-order chi connectivity index (χ1) is 12.2. The fourth-order valence-corrected chi connectivity index (χ4v) is 6.07. The average molecular weight is 347 g/mol. The number of para-hydroxylation sites is 1. The van der Waals surface area contributed by atoms with Gasteiger partial charge in [-0.2, -0.15) is 0 Å². The first-order valence-corrected chi connectivity index (χ1v) is 10.00. The standard InChI is InChI=1S/C20H18N3OP/c1-16(23-20-15-9-8-14-19(20)21-22-23)25(24,17-10-4-2-5-11-17)18-12-6-3-7-13-18/h2-16H,1H3. The summed E-state index contributed by atoms with van der Waals surface area (Å²) in [6.45, 7) is 1.96. The lowest BCUT2D eigenvalue weighted by Crippen LogP contribution is -2.23. The largest absolute Gasteiger partial charge is 0.311 e. The Hall–Kier alpha value is -2.71. The van der Waals surface area contributed by atoms with Crippen LogP contribution in [0.1, 0.15) is 12.7 Å². The van der Waals surface area contributed by atoms with E-state index in [2.05, 4.69) is 10.3 Å². The van der Waals surface area contributed by atoms with Gasteiger partial charge in [0, 0.05) is 10.6 Å². The number of hydrogen-bond donors (Lipinski definition) is 0. The maximum Gasteiger partial charge on any atom is 0.166 e. The maximum atomic E-state index is 14.4. The summed E-state index contributed by atoms with van der Waals surface area (Å²) in [5.41, 5.74) is 1.70. The second-order valence-corrected chi connectivity index (χ2v) is 9.08. The molecule has 1 heterocycles. The molecule has 4 aromatic rings. The van der Waals surface area contributed by atoms with Gasteiger partial charge in [-0.1, -0.05) is 78.0 Å². The van der Waals surface area contributed by atoms with E-state index >= 15 is 0 Å². The van der Waals surface area contributed by atoms with Crippen molar-refractivity contribution in [3.05, 3.63) is 84.9 Å². The topological polar surface area (TPSA) is 47.8 Å². The molecule has 0 aliphatic rings. The molecule has 1 unspecified atom stereocenters. The van der Waals surface area contributed by atoms with Crippen LogP contribution in [0.25, 0.3) is 11.0 Å². The normalized spacial score (nSPS) is 13.0. The van der Waals surface area contributed by atoms with Crippen LogP contribution in [-0.2, 0) is 4.57 Å². The molecule has 5 heteroatoms. The van der Waals surface area contributed by atoms with E-state index < -0.39 is 7.14 Å². The van der Waals surface area contributed by atoms with E-state index in [1.54, 1.807) is 4.68 Å². The molecule has 0 aliphatic carbocycles. The summed E-state index contributed by atoms with van der Waals surface area (Å²) in [7, 11) is -2.95. The van der Waals surface area contributed by atoms with Crippen molar-refractivity contribution in [2.45, 2.75) is 12.7 Å². The number of benzene rings is 3. The number of hydrogen-bond acceptors (Lipinski definition) is 3. The summed E-state index contributed by atoms with van der Waals surface area (Å²) in [5.74, 6) is -0.343. The third-order valence-corrected chi connectivity index (χ3v) is 7.94. The van der Waals surface area contributed by atoms with Gasteiger partial charge in [0.25, 0.3) is 0 Å². The van der Waals surface area contributed by atoms with Gasteiger partial charge < -0.3 is 4.57 Å². The molecule has 4 nitrogen and oxygen atoms in total. The quantitative estimate of drug-likeness (QED) is 0.525. The van der Waals surface area contributed by atoms with Crippen molar-refractivity contribution < 1.29 is 4.57 Å². The zero-order valence-electron chi connectivity index (χ0n) is 13.9. The zero-order chi connectivity index (χ0) is 17.3. The van der Waals surface area contributed by atoms with Crippen molar-refractivity contribution in [1.82, 2.24) is 15.0 Å². The minimum Gasteiger partial charge on any atom is -0.311 e. The molecule has 0 amide bonds. The van der Waals surface area contributed by atoms with E-state index in [-0.39, 0.29) is 5.78 Å². The third kappa shape index (κ3) is 2.59. The fourth-order valence-electron chi connectivity index (χ4n) is 3.20. The van der Waals surface area contributed by atoms with Crippen LogP contribution in [0.3, 0.4) is 0 Å². The highest BCUT2D eigenvalue weighted by Gasteiger charge is 2.36. The molecule has 0 radical (unpaired) electrons. The van der Waals surface area contributed by atoms with Gasteiger partial charge in [0.2, 0.25) is 0 Å². The Kier molecular flexibility index (Phi) is 3.98. The first kappa shape index (κ1) is 15.8. The lowest BCUT2D eigenvalue weighted by atomic mass is 10.3. The summed E-state index contributed by atoms with van der Waals surface area (Å²) >= 11 is 0. The monoisotopic (exact) mass is 347 g/mol. The number of nitrogens with zero attached hydrogens (tertiary/aromatic N) is 3. The molecule has 1 atom stereocenters. The van der Waals surface area contributed by atoms with Crippen LogP contribution in [0, 0.1) is 0 Å². The fraction of sp³-hybridized carbons (Fsp3) is 0.100. The molecule has 0 spiro atoms. The van der Waals surface area contributed by atoms with Crippen LogP contribution < -0.4 is 10.6 Å². The number of fused-ring (bicyclic) bond motifs is 1. The summed E-state index contributed by atoms with van der Waals surface area (Å²) in [6.07, 6.45) is 0. The lowest BCUT2D eigenvalue weighted by molar-refractivity contribution is 0.545. The predicted molar refractivity (Wildman–Crippen MR) is 102 cm³/mol. The Morgan fingerprint density at radius 2 is 1.32 bits per heavy atom. The lowest BCUT2D eigenvalue weighted by Gasteiger charge is -2.26. The molecule has 0 saturated heterocycles. The summed E-state index contributed by atoms with van der Waals surface area (Å²) in [5, 5.41) is 10.2. The van der Waals surface area contributed by atoms with E-state index in [1.165, 1.54) is 0 Å². The molecule has 0 fully saturated rings. The summed E-state index contributed by atoms with van der Waals surface area (Å²) in [4.78, 5) is 0. The van der Waals surface area contributed by atoms with Gasteiger partial charge in [-0.25, -0.2) is 4.68 Å². The molecule has 4 rings (SSSR count). The van der Waals surface area contributed by atoms with Crippen molar-refractivity contribution in [1.29, 1.82) is 0 Å². The summed E-state index contributed by atoms with van der Waals surface area (Å²) in [6, 6.07) is 27.1. The van der Waals surface area contributed by atoms with Crippen LogP contribution in [-0.4, -0.2) is 15.0 Å². The molecule has 0 aliphatic heterocycles. The minimum atomic E-state index is -2.95. The van der Waals surface area contributed by atoms with Gasteiger partial charge in [-0.15, -0.1) is 5.10 Å². The van der Waals surface area contributed by atoms with Gasteiger partial charge in [0.15, 0.2) is 7.14 Å². The molecule has 0 N–H and O–H groups in total. The van der Waals surface area contributed by atoms with Gasteiger partial charge in [0.05, 0.1) is 5.52 Å². The van der Waals surface area contributed by atoms with Crippen LogP contribution in [0.15, 0.2) is 84.9 Å². The van der Waals surface area contributed by atoms with Crippen LogP contribution in [0.5, 0.6) is 0 Å². The Balaban J connectivity index is 1.94. The molecule has 1 aromatic heterocycles. The van der Waals surface area contributed by atoms with Crippen LogP contribution >= 0.6 is 7.14 Å². The third-order valence-electron chi connectivity index (χ3n) is 4.54. The molecular weight excluding hydrogens is 329 g/mol. The van der Waals surface area contributed by atoms with Crippen molar-refractivity contribution in [2.24, 2.45) is 0 Å². The van der Waals surface area contributed by atoms with Crippen LogP contribution in [0.4, 0.5) is 0 Å². The Labute approximate surface area is 146 Å². The molecule has 0 saturated carbocycles. The van der Waals surface area contributed by atoms with Crippen molar-refractivity contribution in [3.8, 4) is 0 Å². The average Bonchev–Trinajstić information content (AvgIpc) is 3.12. The smallest absolute Gasteiger partial charge is 0.166 e. The van der Waals surface area contributed by atoms with E-state index in [1.807, 2.05) is 91.9 Å². The van der Waals surface area contributed by atoms with E-state index in [4.69, 9.17) is 0 Å². The van der Waals surface area contributed by atoms with Crippen molar-refractivity contribution in [3.63, 3.8) is 0 Å². The predicted octanol–water partition coefficient (Wildman–Crippen LogP) is 3.96. The Morgan fingerprint density at radius 3 is 1.92 bits per heavy atom. The van der Waals surface area contributed by atoms with Crippen molar-refractivity contribution >= 4 is 28.8 Å². The number of aromatic nitrogens is 3. The van der Waals surface area contributed by atoms with Gasteiger partial charge in [-0.05, 0) is 19.1 Å². The highest BCUT2D eigenvalue weighted by molar-refractivity contribution is 7.78. The molecule has 25 heavy (non-hydrogen) atoms. The Bertz CT molecular complexity index is 1000. The van der Waals surface area contributed by atoms with Crippen LogP contribution in [0.2, 0.25) is 0 Å². The SMILES string of the molecule is CC(n1nnc2ccccc21)P(=O)(c1ccccc1)c1ccccc1. The minimum absolute atomic E-state index is 0.343. The second kappa shape index (κ2) is 6.30. The highest BCUT2D eigenvalue weighted by atomic mass is 31.2. The van der Waals surface area contributed by atoms with Gasteiger partial charge >= 0.3 is 0 Å². The second-order valence-electron chi connectivity index (χ2n) is 5.98. The molecule has 0 bridgehead atoms. The van der Waals surface area contributed by atoms with E-state index in [0.717, 1.165) is 21.6 Å². The zero-order valence-corrected chi connectivity index (χ0v) is 14.8. The maximum absolute atomic E-state index is 14.4. The van der Waals surface area contributed by atoms with Gasteiger partial charge in [0.1, 0.15) is 11.3 Å². The van der Waals surface area contributed by atoms with Crippen molar-refractivity contribution in [2.75, 3.05) is 0 Å². The first-order valence-electron chi connectivity index (χ1n) is 8.22. The highest BCUT2D eigenvalue weighted by Crippen LogP contribution is 2.54. The molecule has 124 valence electrons. The summed E-state index contributed by atoms with van der Waals surface area (Å²) < 4.78 is 16.2.